The van der Waals surface area contributed by atoms with Crippen LogP contribution in [0.25, 0.3) is 0 Å². The number of hydrogen-bond donors (Lipinski definition) is 4. The Morgan fingerprint density at radius 1 is 0.783 bits per heavy atom. The van der Waals surface area contributed by atoms with Gasteiger partial charge in [-0.25, -0.2) is 0 Å². The lowest BCUT2D eigenvalue weighted by molar-refractivity contribution is 0.464. The summed E-state index contributed by atoms with van der Waals surface area (Å²) < 4.78 is 0. The van der Waals surface area contributed by atoms with Gasteiger partial charge < -0.3 is 20.8 Å². The highest BCUT2D eigenvalue weighted by molar-refractivity contribution is 5.47. The molecule has 0 heterocycles. The normalized spacial score (nSPS) is 11.7. The number of phenolic OH excluding ortho intramolecular Hbond substituents is 2. The fourth-order valence-corrected chi connectivity index (χ4v) is 2.78. The van der Waals surface area contributed by atoms with Crippen LogP contribution in [0.15, 0.2) is 36.4 Å². The molecule has 0 amide bonds. The molecule has 4 N–H and O–H groups in total. The van der Waals surface area contributed by atoms with Gasteiger partial charge in [-0.05, 0) is 49.5 Å². The zero-order valence-electron chi connectivity index (χ0n) is 14.3. The maximum absolute atomic E-state index is 9.97. The van der Waals surface area contributed by atoms with Crippen molar-refractivity contribution in [2.75, 3.05) is 14.1 Å². The summed E-state index contributed by atoms with van der Waals surface area (Å²) in [5.74, 6) is 0.612. The molecular weight excluding hydrogens is 288 g/mol. The minimum atomic E-state index is -0.230. The van der Waals surface area contributed by atoms with Gasteiger partial charge in [0, 0.05) is 29.6 Å². The molecule has 0 spiro atoms. The molecule has 0 unspecified atom stereocenters. The maximum atomic E-state index is 9.97. The SMILES string of the molecule is CNCc1cc(C(C)(C)c2ccc(O)c(CNC)c2)ccc1O. The number of phenols is 2. The van der Waals surface area contributed by atoms with Crippen molar-refractivity contribution in [1.82, 2.24) is 10.6 Å². The highest BCUT2D eigenvalue weighted by Gasteiger charge is 2.25. The van der Waals surface area contributed by atoms with E-state index in [1.54, 1.807) is 12.1 Å². The first-order valence-electron chi connectivity index (χ1n) is 7.84. The van der Waals surface area contributed by atoms with E-state index in [0.29, 0.717) is 24.6 Å². The van der Waals surface area contributed by atoms with Crippen LogP contribution in [-0.2, 0) is 18.5 Å². The summed E-state index contributed by atoms with van der Waals surface area (Å²) in [6.45, 7) is 5.54. The quantitative estimate of drug-likeness (QED) is 0.662. The zero-order valence-corrected chi connectivity index (χ0v) is 14.3. The number of rotatable bonds is 6. The Morgan fingerprint density at radius 3 is 1.52 bits per heavy atom. The average molecular weight is 314 g/mol. The van der Waals surface area contributed by atoms with Crippen molar-refractivity contribution in [2.24, 2.45) is 0 Å². The van der Waals surface area contributed by atoms with Crippen LogP contribution in [-0.4, -0.2) is 24.3 Å². The summed E-state index contributed by atoms with van der Waals surface area (Å²) in [6.07, 6.45) is 0. The zero-order chi connectivity index (χ0) is 17.0. The van der Waals surface area contributed by atoms with Crippen molar-refractivity contribution < 1.29 is 10.2 Å². The summed E-state index contributed by atoms with van der Waals surface area (Å²) in [6, 6.07) is 11.5. The van der Waals surface area contributed by atoms with Gasteiger partial charge in [0.15, 0.2) is 0 Å². The van der Waals surface area contributed by atoms with E-state index >= 15 is 0 Å². The van der Waals surface area contributed by atoms with Crippen LogP contribution in [0, 0.1) is 0 Å². The van der Waals surface area contributed by atoms with E-state index in [9.17, 15) is 10.2 Å². The van der Waals surface area contributed by atoms with E-state index in [-0.39, 0.29) is 5.41 Å². The molecule has 0 aliphatic carbocycles. The second kappa shape index (κ2) is 7.02. The Kier molecular flexibility index (Phi) is 5.29. The van der Waals surface area contributed by atoms with Gasteiger partial charge in [-0.3, -0.25) is 0 Å². The van der Waals surface area contributed by atoms with Crippen LogP contribution >= 0.6 is 0 Å². The van der Waals surface area contributed by atoms with E-state index in [2.05, 4.69) is 24.5 Å². The molecule has 0 bridgehead atoms. The molecule has 0 atom stereocenters. The minimum Gasteiger partial charge on any atom is -0.508 e. The van der Waals surface area contributed by atoms with E-state index in [0.717, 1.165) is 22.3 Å². The predicted molar refractivity (Wildman–Crippen MR) is 93.9 cm³/mol. The molecule has 0 radical (unpaired) electrons. The third-order valence-corrected chi connectivity index (χ3v) is 4.34. The monoisotopic (exact) mass is 314 g/mol. The molecule has 0 saturated heterocycles. The molecule has 0 fully saturated rings. The average Bonchev–Trinajstić information content (AvgIpc) is 2.51. The molecule has 0 aromatic heterocycles. The van der Waals surface area contributed by atoms with Crippen LogP contribution in [0.1, 0.15) is 36.1 Å². The Balaban J connectivity index is 2.45. The molecule has 0 aliphatic rings. The van der Waals surface area contributed by atoms with Crippen LogP contribution < -0.4 is 10.6 Å². The van der Waals surface area contributed by atoms with E-state index in [4.69, 9.17) is 0 Å². The molecule has 23 heavy (non-hydrogen) atoms. The number of benzene rings is 2. The summed E-state index contributed by atoms with van der Waals surface area (Å²) in [4.78, 5) is 0. The van der Waals surface area contributed by atoms with Crippen molar-refractivity contribution in [3.8, 4) is 11.5 Å². The van der Waals surface area contributed by atoms with Crippen molar-refractivity contribution in [1.29, 1.82) is 0 Å². The van der Waals surface area contributed by atoms with Gasteiger partial charge in [-0.1, -0.05) is 26.0 Å². The Morgan fingerprint density at radius 2 is 1.17 bits per heavy atom. The van der Waals surface area contributed by atoms with Gasteiger partial charge in [0.1, 0.15) is 11.5 Å². The van der Waals surface area contributed by atoms with Gasteiger partial charge in [0.2, 0.25) is 0 Å². The van der Waals surface area contributed by atoms with Gasteiger partial charge in [0.05, 0.1) is 0 Å². The molecule has 124 valence electrons. The molecule has 4 heteroatoms. The van der Waals surface area contributed by atoms with Crippen LogP contribution in [0.3, 0.4) is 0 Å². The molecular formula is C19H26N2O2. The summed E-state index contributed by atoms with van der Waals surface area (Å²) in [7, 11) is 3.72. The van der Waals surface area contributed by atoms with E-state index in [1.165, 1.54) is 0 Å². The van der Waals surface area contributed by atoms with Gasteiger partial charge >= 0.3 is 0 Å². The number of nitrogens with one attached hydrogen (secondary N) is 2. The molecule has 2 aromatic rings. The van der Waals surface area contributed by atoms with Crippen molar-refractivity contribution in [3.05, 3.63) is 58.7 Å². The van der Waals surface area contributed by atoms with Crippen LogP contribution in [0.4, 0.5) is 0 Å². The van der Waals surface area contributed by atoms with E-state index in [1.807, 2.05) is 38.4 Å². The third kappa shape index (κ3) is 3.66. The minimum absolute atomic E-state index is 0.230. The second-order valence-corrected chi connectivity index (χ2v) is 6.37. The molecule has 2 rings (SSSR count). The Hall–Kier alpha value is -2.04. The first kappa shape index (κ1) is 17.3. The van der Waals surface area contributed by atoms with Crippen LogP contribution in [0.5, 0.6) is 11.5 Å². The lowest BCUT2D eigenvalue weighted by atomic mass is 9.77. The summed E-state index contributed by atoms with van der Waals surface area (Å²) >= 11 is 0. The van der Waals surface area contributed by atoms with Crippen molar-refractivity contribution in [3.63, 3.8) is 0 Å². The molecule has 0 aliphatic heterocycles. The largest absolute Gasteiger partial charge is 0.508 e. The molecule has 2 aromatic carbocycles. The lowest BCUT2D eigenvalue weighted by Gasteiger charge is -2.27. The lowest BCUT2D eigenvalue weighted by Crippen LogP contribution is -2.20. The maximum Gasteiger partial charge on any atom is 0.120 e. The Labute approximate surface area is 138 Å². The fourth-order valence-electron chi connectivity index (χ4n) is 2.78. The smallest absolute Gasteiger partial charge is 0.120 e. The predicted octanol–water partition coefficient (Wildman–Crippen LogP) is 2.86. The van der Waals surface area contributed by atoms with E-state index < -0.39 is 0 Å². The topological polar surface area (TPSA) is 64.5 Å². The highest BCUT2D eigenvalue weighted by Crippen LogP contribution is 2.35. The fraction of sp³-hybridized carbons (Fsp3) is 0.368. The first-order valence-corrected chi connectivity index (χ1v) is 7.84. The van der Waals surface area contributed by atoms with Gasteiger partial charge in [0.25, 0.3) is 0 Å². The summed E-state index contributed by atoms with van der Waals surface area (Å²) in [5, 5.41) is 26.1. The summed E-state index contributed by atoms with van der Waals surface area (Å²) in [5.41, 5.74) is 3.79. The number of hydrogen-bond acceptors (Lipinski definition) is 4. The van der Waals surface area contributed by atoms with Gasteiger partial charge in [-0.15, -0.1) is 0 Å². The highest BCUT2D eigenvalue weighted by atomic mass is 16.3. The third-order valence-electron chi connectivity index (χ3n) is 4.34. The van der Waals surface area contributed by atoms with Crippen molar-refractivity contribution >= 4 is 0 Å². The number of aromatic hydroxyl groups is 2. The van der Waals surface area contributed by atoms with Gasteiger partial charge in [-0.2, -0.15) is 0 Å². The standard InChI is InChI=1S/C19H26N2O2/c1-19(2,15-5-7-17(22)13(9-15)11-20-3)16-6-8-18(23)14(10-16)12-21-4/h5-10,20-23H,11-12H2,1-4H3. The van der Waals surface area contributed by atoms with Crippen molar-refractivity contribution in [2.45, 2.75) is 32.4 Å². The Bertz CT molecular complexity index is 624. The molecule has 4 nitrogen and oxygen atoms in total. The second-order valence-electron chi connectivity index (χ2n) is 6.37. The van der Waals surface area contributed by atoms with Crippen LogP contribution in [0.2, 0.25) is 0 Å². The first-order chi connectivity index (χ1) is 10.9. The molecule has 0 saturated carbocycles.